The van der Waals surface area contributed by atoms with Crippen LogP contribution >= 0.6 is 11.6 Å². The molecule has 4 atom stereocenters. The highest BCUT2D eigenvalue weighted by Gasteiger charge is 2.46. The Bertz CT molecular complexity index is 672. The van der Waals surface area contributed by atoms with Crippen molar-refractivity contribution in [3.8, 4) is 0 Å². The third-order valence-electron chi connectivity index (χ3n) is 6.93. The molecule has 1 aliphatic heterocycles. The number of amides is 1. The van der Waals surface area contributed by atoms with Crippen LogP contribution in [-0.4, -0.2) is 23.7 Å². The molecule has 0 bridgehead atoms. The number of ether oxygens (including phenoxy) is 1. The number of benzene rings is 1. The average molecular weight is 390 g/mol. The van der Waals surface area contributed by atoms with Gasteiger partial charge in [-0.15, -0.1) is 0 Å². The minimum atomic E-state index is -0.281. The van der Waals surface area contributed by atoms with Crippen LogP contribution in [0, 0.1) is 11.8 Å². The first-order chi connectivity index (χ1) is 13.0. The van der Waals surface area contributed by atoms with Crippen molar-refractivity contribution in [2.75, 3.05) is 0 Å². The van der Waals surface area contributed by atoms with Crippen LogP contribution in [0.4, 0.5) is 0 Å². The minimum Gasteiger partial charge on any atom is -0.371 e. The van der Waals surface area contributed by atoms with E-state index >= 15 is 0 Å². The van der Waals surface area contributed by atoms with E-state index in [0.29, 0.717) is 5.92 Å². The lowest BCUT2D eigenvalue weighted by molar-refractivity contribution is -0.168. The van der Waals surface area contributed by atoms with Gasteiger partial charge in [-0.05, 0) is 50.7 Å². The summed E-state index contributed by atoms with van der Waals surface area (Å²) >= 11 is 6.42. The molecule has 2 saturated carbocycles. The van der Waals surface area contributed by atoms with Gasteiger partial charge in [-0.1, -0.05) is 55.5 Å². The number of halogens is 1. The van der Waals surface area contributed by atoms with Gasteiger partial charge in [0.15, 0.2) is 0 Å². The smallest absolute Gasteiger partial charge is 0.223 e. The lowest BCUT2D eigenvalue weighted by Crippen LogP contribution is -2.58. The highest BCUT2D eigenvalue weighted by molar-refractivity contribution is 6.31. The van der Waals surface area contributed by atoms with Crippen molar-refractivity contribution in [2.45, 2.75) is 88.9 Å². The summed E-state index contributed by atoms with van der Waals surface area (Å²) in [4.78, 5) is 12.8. The predicted octanol–water partition coefficient (Wildman–Crippen LogP) is 5.30. The van der Waals surface area contributed by atoms with Crippen molar-refractivity contribution < 1.29 is 9.53 Å². The maximum Gasteiger partial charge on any atom is 0.223 e. The molecule has 27 heavy (non-hydrogen) atoms. The van der Waals surface area contributed by atoms with E-state index in [9.17, 15) is 4.79 Å². The van der Waals surface area contributed by atoms with Gasteiger partial charge < -0.3 is 10.1 Å². The average Bonchev–Trinajstić information content (AvgIpc) is 3.18. The highest BCUT2D eigenvalue weighted by Crippen LogP contribution is 2.42. The molecular formula is C23H32ClNO2. The third kappa shape index (κ3) is 4.35. The van der Waals surface area contributed by atoms with Gasteiger partial charge in [-0.3, -0.25) is 4.79 Å². The summed E-state index contributed by atoms with van der Waals surface area (Å²) in [6, 6.07) is 8.28. The maximum atomic E-state index is 12.8. The van der Waals surface area contributed by atoms with Crippen molar-refractivity contribution >= 4 is 17.5 Å². The van der Waals surface area contributed by atoms with Crippen molar-refractivity contribution in [3.05, 3.63) is 34.9 Å². The first-order valence-corrected chi connectivity index (χ1v) is 11.1. The summed E-state index contributed by atoms with van der Waals surface area (Å²) in [5.41, 5.74) is 0.855. The summed E-state index contributed by atoms with van der Waals surface area (Å²) in [6.45, 7) is 2.20. The van der Waals surface area contributed by atoms with E-state index < -0.39 is 0 Å². The standard InChI is InChI=1S/C23H32ClNO2/c1-23(14-17-10-4-6-12-19(17)24)15-20(18-11-5-7-13-21(18)27-23)25-22(26)16-8-2-3-9-16/h4,6,10,12,16,18,20-21H,2-3,5,7-9,11,13-15H2,1H3,(H,25,26)/t18-,20+,21+,23-/m0/s1. The zero-order valence-electron chi connectivity index (χ0n) is 16.4. The number of carbonyl (C=O) groups is 1. The van der Waals surface area contributed by atoms with E-state index in [1.807, 2.05) is 18.2 Å². The molecular weight excluding hydrogens is 358 g/mol. The summed E-state index contributed by atoms with van der Waals surface area (Å²) in [5.74, 6) is 0.969. The van der Waals surface area contributed by atoms with E-state index in [1.165, 1.54) is 32.1 Å². The number of fused-ring (bicyclic) bond motifs is 1. The molecule has 0 spiro atoms. The number of rotatable bonds is 4. The Morgan fingerprint density at radius 2 is 1.85 bits per heavy atom. The van der Waals surface area contributed by atoms with Crippen LogP contribution in [-0.2, 0) is 16.0 Å². The molecule has 148 valence electrons. The van der Waals surface area contributed by atoms with Crippen molar-refractivity contribution in [1.29, 1.82) is 0 Å². The first-order valence-electron chi connectivity index (χ1n) is 10.8. The van der Waals surface area contributed by atoms with Gasteiger partial charge in [-0.25, -0.2) is 0 Å². The zero-order valence-corrected chi connectivity index (χ0v) is 17.1. The van der Waals surface area contributed by atoms with Crippen LogP contribution in [0.25, 0.3) is 0 Å². The zero-order chi connectivity index (χ0) is 18.9. The molecule has 0 radical (unpaired) electrons. The maximum absolute atomic E-state index is 12.8. The molecule has 4 rings (SSSR count). The highest BCUT2D eigenvalue weighted by atomic mass is 35.5. The van der Waals surface area contributed by atoms with E-state index in [2.05, 4.69) is 18.3 Å². The van der Waals surface area contributed by atoms with Gasteiger partial charge in [0.05, 0.1) is 11.7 Å². The molecule has 3 fully saturated rings. The van der Waals surface area contributed by atoms with Gasteiger partial charge in [-0.2, -0.15) is 0 Å². The number of hydrogen-bond donors (Lipinski definition) is 1. The Hall–Kier alpha value is -1.06. The molecule has 1 heterocycles. The van der Waals surface area contributed by atoms with Crippen LogP contribution in [0.3, 0.4) is 0 Å². The van der Waals surface area contributed by atoms with Crippen LogP contribution in [0.5, 0.6) is 0 Å². The molecule has 0 aromatic heterocycles. The fourth-order valence-corrected chi connectivity index (χ4v) is 5.77. The second kappa shape index (κ2) is 8.13. The molecule has 4 heteroatoms. The minimum absolute atomic E-state index is 0.227. The molecule has 3 nitrogen and oxygen atoms in total. The Balaban J connectivity index is 1.51. The Morgan fingerprint density at radius 3 is 2.63 bits per heavy atom. The van der Waals surface area contributed by atoms with Gasteiger partial charge in [0.1, 0.15) is 0 Å². The molecule has 3 aliphatic rings. The van der Waals surface area contributed by atoms with E-state index in [4.69, 9.17) is 16.3 Å². The monoisotopic (exact) mass is 389 g/mol. The van der Waals surface area contributed by atoms with Crippen LogP contribution in [0.2, 0.25) is 5.02 Å². The quantitative estimate of drug-likeness (QED) is 0.759. The number of carbonyl (C=O) groups excluding carboxylic acids is 1. The van der Waals surface area contributed by atoms with Gasteiger partial charge >= 0.3 is 0 Å². The predicted molar refractivity (Wildman–Crippen MR) is 109 cm³/mol. The van der Waals surface area contributed by atoms with Gasteiger partial charge in [0.2, 0.25) is 5.91 Å². The second-order valence-corrected chi connectivity index (χ2v) is 9.53. The second-order valence-electron chi connectivity index (χ2n) is 9.12. The number of nitrogens with one attached hydrogen (secondary N) is 1. The summed E-state index contributed by atoms with van der Waals surface area (Å²) in [7, 11) is 0. The Kier molecular flexibility index (Phi) is 5.80. The van der Waals surface area contributed by atoms with Crippen molar-refractivity contribution in [3.63, 3.8) is 0 Å². The fraction of sp³-hybridized carbons (Fsp3) is 0.696. The van der Waals surface area contributed by atoms with Crippen LogP contribution < -0.4 is 5.32 Å². The molecule has 0 unspecified atom stereocenters. The van der Waals surface area contributed by atoms with E-state index in [-0.39, 0.29) is 29.6 Å². The van der Waals surface area contributed by atoms with Crippen LogP contribution in [0.1, 0.15) is 70.3 Å². The molecule has 2 aliphatic carbocycles. The Labute approximate surface area is 168 Å². The van der Waals surface area contributed by atoms with Crippen molar-refractivity contribution in [1.82, 2.24) is 5.32 Å². The first kappa shape index (κ1) is 19.3. The van der Waals surface area contributed by atoms with Crippen molar-refractivity contribution in [2.24, 2.45) is 11.8 Å². The van der Waals surface area contributed by atoms with E-state index in [1.54, 1.807) is 0 Å². The normalized spacial score (nSPS) is 34.2. The number of hydrogen-bond acceptors (Lipinski definition) is 2. The van der Waals surface area contributed by atoms with Gasteiger partial charge in [0, 0.05) is 29.3 Å². The molecule has 1 amide bonds. The third-order valence-corrected chi connectivity index (χ3v) is 7.30. The lowest BCUT2D eigenvalue weighted by Gasteiger charge is -2.50. The topological polar surface area (TPSA) is 38.3 Å². The molecule has 1 N–H and O–H groups in total. The lowest BCUT2D eigenvalue weighted by atomic mass is 9.73. The van der Waals surface area contributed by atoms with Crippen LogP contribution in [0.15, 0.2) is 24.3 Å². The summed E-state index contributed by atoms with van der Waals surface area (Å²) in [5, 5.41) is 4.27. The fourth-order valence-electron chi connectivity index (χ4n) is 5.57. The molecule has 1 aromatic rings. The summed E-state index contributed by atoms with van der Waals surface area (Å²) in [6.07, 6.45) is 11.2. The van der Waals surface area contributed by atoms with Gasteiger partial charge in [0.25, 0.3) is 0 Å². The molecule has 1 aromatic carbocycles. The SMILES string of the molecule is C[C@]1(Cc2ccccc2Cl)C[C@@H](NC(=O)C2CCCC2)[C@@H]2CCCC[C@H]2O1. The summed E-state index contributed by atoms with van der Waals surface area (Å²) < 4.78 is 6.66. The van der Waals surface area contributed by atoms with E-state index in [0.717, 1.165) is 42.7 Å². The Morgan fingerprint density at radius 1 is 1.15 bits per heavy atom. The molecule has 1 saturated heterocycles. The largest absolute Gasteiger partial charge is 0.371 e.